The van der Waals surface area contributed by atoms with E-state index in [1.54, 1.807) is 12.1 Å². The van der Waals surface area contributed by atoms with E-state index in [1.165, 1.54) is 34.6 Å². The number of halogens is 2. The lowest BCUT2D eigenvalue weighted by Crippen LogP contribution is -2.26. The van der Waals surface area contributed by atoms with Crippen molar-refractivity contribution in [1.82, 2.24) is 0 Å². The van der Waals surface area contributed by atoms with Gasteiger partial charge in [0.2, 0.25) is 10.0 Å². The van der Waals surface area contributed by atoms with Crippen LogP contribution in [0.1, 0.15) is 6.42 Å². The minimum absolute atomic E-state index is 0.0254. The first-order valence-electron chi connectivity index (χ1n) is 7.84. The third-order valence-corrected chi connectivity index (χ3v) is 5.97. The summed E-state index contributed by atoms with van der Waals surface area (Å²) in [5, 5.41) is 2.86. The second-order valence-corrected chi connectivity index (χ2v) is 8.10. The SMILES string of the molecule is O=C(COc1ccccc1F)Nc1ccc(Cl)c(N2CCCS2(=O)=O)c1. The Morgan fingerprint density at radius 2 is 2.04 bits per heavy atom. The fourth-order valence-electron chi connectivity index (χ4n) is 2.59. The molecule has 0 spiro atoms. The Labute approximate surface area is 155 Å². The van der Waals surface area contributed by atoms with Crippen LogP contribution in [0.5, 0.6) is 5.75 Å². The van der Waals surface area contributed by atoms with E-state index >= 15 is 0 Å². The van der Waals surface area contributed by atoms with E-state index in [4.69, 9.17) is 16.3 Å². The largest absolute Gasteiger partial charge is 0.481 e. The molecule has 138 valence electrons. The number of ether oxygens (including phenoxy) is 1. The molecule has 1 N–H and O–H groups in total. The van der Waals surface area contributed by atoms with E-state index in [1.807, 2.05) is 0 Å². The smallest absolute Gasteiger partial charge is 0.262 e. The average Bonchev–Trinajstić information content (AvgIpc) is 2.95. The normalized spacial score (nSPS) is 15.7. The second kappa shape index (κ2) is 7.51. The summed E-state index contributed by atoms with van der Waals surface area (Å²) in [6, 6.07) is 10.3. The molecule has 2 aromatic carbocycles. The van der Waals surface area contributed by atoms with Crippen LogP contribution in [0.25, 0.3) is 0 Å². The van der Waals surface area contributed by atoms with E-state index in [9.17, 15) is 17.6 Å². The van der Waals surface area contributed by atoms with Crippen molar-refractivity contribution in [3.63, 3.8) is 0 Å². The molecule has 0 aliphatic carbocycles. The van der Waals surface area contributed by atoms with Gasteiger partial charge in [0.25, 0.3) is 5.91 Å². The van der Waals surface area contributed by atoms with E-state index in [0.29, 0.717) is 24.3 Å². The summed E-state index contributed by atoms with van der Waals surface area (Å²) < 4.78 is 44.0. The molecule has 3 rings (SSSR count). The first-order chi connectivity index (χ1) is 12.4. The van der Waals surface area contributed by atoms with Gasteiger partial charge in [0.1, 0.15) is 0 Å². The minimum Gasteiger partial charge on any atom is -0.481 e. The highest BCUT2D eigenvalue weighted by Crippen LogP contribution is 2.33. The van der Waals surface area contributed by atoms with Gasteiger partial charge in [-0.05, 0) is 36.8 Å². The van der Waals surface area contributed by atoms with Gasteiger partial charge in [-0.15, -0.1) is 0 Å². The van der Waals surface area contributed by atoms with Gasteiger partial charge in [0.05, 0.1) is 16.5 Å². The Morgan fingerprint density at radius 3 is 2.73 bits per heavy atom. The van der Waals surface area contributed by atoms with Gasteiger partial charge in [-0.3, -0.25) is 9.10 Å². The van der Waals surface area contributed by atoms with Gasteiger partial charge in [0, 0.05) is 12.2 Å². The van der Waals surface area contributed by atoms with Crippen LogP contribution in [0.3, 0.4) is 0 Å². The molecule has 0 bridgehead atoms. The van der Waals surface area contributed by atoms with Crippen molar-refractivity contribution in [3.8, 4) is 5.75 Å². The van der Waals surface area contributed by atoms with E-state index in [0.717, 1.165) is 0 Å². The standard InChI is InChI=1S/C17H16ClFN2O4S/c18-13-7-6-12(10-15(13)21-8-3-9-26(21,23)24)20-17(22)11-25-16-5-2-1-4-14(16)19/h1-2,4-7,10H,3,8-9,11H2,(H,20,22). The summed E-state index contributed by atoms with van der Waals surface area (Å²) in [6.07, 6.45) is 0.520. The summed E-state index contributed by atoms with van der Waals surface area (Å²) in [4.78, 5) is 12.0. The molecule has 1 amide bonds. The van der Waals surface area contributed by atoms with Crippen molar-refractivity contribution in [2.24, 2.45) is 0 Å². The molecular formula is C17H16ClFN2O4S. The van der Waals surface area contributed by atoms with Crippen molar-refractivity contribution < 1.29 is 22.3 Å². The number of carbonyl (C=O) groups is 1. The van der Waals surface area contributed by atoms with Gasteiger partial charge >= 0.3 is 0 Å². The van der Waals surface area contributed by atoms with Crippen LogP contribution in [0.4, 0.5) is 15.8 Å². The maximum Gasteiger partial charge on any atom is 0.262 e. The fraction of sp³-hybridized carbons (Fsp3) is 0.235. The first-order valence-corrected chi connectivity index (χ1v) is 9.83. The summed E-state index contributed by atoms with van der Waals surface area (Å²) in [5.74, 6) is -1.03. The number of carbonyl (C=O) groups excluding carboxylic acids is 1. The van der Waals surface area contributed by atoms with Crippen LogP contribution < -0.4 is 14.4 Å². The zero-order chi connectivity index (χ0) is 18.7. The van der Waals surface area contributed by atoms with Crippen LogP contribution in [0.2, 0.25) is 5.02 Å². The molecule has 2 aromatic rings. The number of rotatable bonds is 5. The van der Waals surface area contributed by atoms with Crippen LogP contribution in [-0.2, 0) is 14.8 Å². The molecule has 1 fully saturated rings. The summed E-state index contributed by atoms with van der Waals surface area (Å²) >= 11 is 6.11. The molecule has 26 heavy (non-hydrogen) atoms. The molecular weight excluding hydrogens is 383 g/mol. The molecule has 1 aliphatic heterocycles. The number of nitrogens with one attached hydrogen (secondary N) is 1. The number of sulfonamides is 1. The Hall–Kier alpha value is -2.32. The lowest BCUT2D eigenvalue weighted by Gasteiger charge is -2.19. The predicted octanol–water partition coefficient (Wildman–Crippen LogP) is 3.04. The van der Waals surface area contributed by atoms with Crippen molar-refractivity contribution in [2.75, 3.05) is 28.5 Å². The molecule has 1 aliphatic rings. The Balaban J connectivity index is 1.69. The summed E-state index contributed by atoms with van der Waals surface area (Å²) in [5.41, 5.74) is 0.686. The molecule has 0 unspecified atom stereocenters. The van der Waals surface area contributed by atoms with Crippen molar-refractivity contribution in [1.29, 1.82) is 0 Å². The maximum absolute atomic E-state index is 13.5. The average molecular weight is 399 g/mol. The van der Waals surface area contributed by atoms with Crippen molar-refractivity contribution in [3.05, 3.63) is 53.3 Å². The molecule has 0 aromatic heterocycles. The topological polar surface area (TPSA) is 75.7 Å². The first kappa shape index (κ1) is 18.5. The van der Waals surface area contributed by atoms with Crippen LogP contribution in [-0.4, -0.2) is 33.2 Å². The lowest BCUT2D eigenvalue weighted by molar-refractivity contribution is -0.118. The second-order valence-electron chi connectivity index (χ2n) is 5.68. The number of hydrogen-bond acceptors (Lipinski definition) is 4. The van der Waals surface area contributed by atoms with E-state index < -0.39 is 21.7 Å². The minimum atomic E-state index is -3.39. The number of nitrogens with zero attached hydrogens (tertiary/aromatic N) is 1. The third kappa shape index (κ3) is 4.08. The third-order valence-electron chi connectivity index (χ3n) is 3.79. The molecule has 1 saturated heterocycles. The molecule has 0 atom stereocenters. The van der Waals surface area contributed by atoms with Crippen molar-refractivity contribution >= 4 is 38.9 Å². The van der Waals surface area contributed by atoms with Gasteiger partial charge in [-0.1, -0.05) is 23.7 Å². The number of benzene rings is 2. The van der Waals surface area contributed by atoms with E-state index in [-0.39, 0.29) is 23.1 Å². The molecule has 9 heteroatoms. The number of amides is 1. The fourth-order valence-corrected chi connectivity index (χ4v) is 4.44. The maximum atomic E-state index is 13.5. The Bertz CT molecular complexity index is 936. The van der Waals surface area contributed by atoms with Crippen LogP contribution >= 0.6 is 11.6 Å². The highest BCUT2D eigenvalue weighted by molar-refractivity contribution is 7.93. The van der Waals surface area contributed by atoms with Gasteiger partial charge in [-0.25, -0.2) is 12.8 Å². The number of anilines is 2. The highest BCUT2D eigenvalue weighted by Gasteiger charge is 2.30. The number of hydrogen-bond donors (Lipinski definition) is 1. The lowest BCUT2D eigenvalue weighted by atomic mass is 10.2. The number of para-hydroxylation sites is 1. The van der Waals surface area contributed by atoms with Gasteiger partial charge in [-0.2, -0.15) is 0 Å². The Morgan fingerprint density at radius 1 is 1.27 bits per heavy atom. The quantitative estimate of drug-likeness (QED) is 0.839. The van der Waals surface area contributed by atoms with E-state index in [2.05, 4.69) is 5.32 Å². The zero-order valence-corrected chi connectivity index (χ0v) is 15.2. The van der Waals surface area contributed by atoms with Gasteiger partial charge < -0.3 is 10.1 Å². The summed E-state index contributed by atoms with van der Waals surface area (Å²) in [6.45, 7) is -0.0449. The van der Waals surface area contributed by atoms with Crippen molar-refractivity contribution in [2.45, 2.75) is 6.42 Å². The molecule has 6 nitrogen and oxygen atoms in total. The zero-order valence-electron chi connectivity index (χ0n) is 13.6. The monoisotopic (exact) mass is 398 g/mol. The molecule has 0 saturated carbocycles. The Kier molecular flexibility index (Phi) is 5.33. The summed E-state index contributed by atoms with van der Waals surface area (Å²) in [7, 11) is -3.39. The van der Waals surface area contributed by atoms with Crippen LogP contribution in [0, 0.1) is 5.82 Å². The highest BCUT2D eigenvalue weighted by atomic mass is 35.5. The molecule has 1 heterocycles. The predicted molar refractivity (Wildman–Crippen MR) is 97.7 cm³/mol. The van der Waals surface area contributed by atoms with Gasteiger partial charge in [0.15, 0.2) is 18.2 Å². The van der Waals surface area contributed by atoms with Crippen LogP contribution in [0.15, 0.2) is 42.5 Å². The molecule has 0 radical (unpaired) electrons.